The van der Waals surface area contributed by atoms with Crippen molar-refractivity contribution >= 4 is 11.6 Å². The highest BCUT2D eigenvalue weighted by Gasteiger charge is 1.95. The summed E-state index contributed by atoms with van der Waals surface area (Å²) >= 11 is 5.69. The van der Waals surface area contributed by atoms with Crippen LogP contribution in [-0.4, -0.2) is 4.98 Å². The lowest BCUT2D eigenvalue weighted by Crippen LogP contribution is -1.94. The number of rotatable bonds is 4. The lowest BCUT2D eigenvalue weighted by molar-refractivity contribution is 0.107. The maximum absolute atomic E-state index is 5.69. The van der Waals surface area contributed by atoms with E-state index >= 15 is 0 Å². The van der Waals surface area contributed by atoms with Gasteiger partial charge in [0.05, 0.1) is 13.2 Å². The van der Waals surface area contributed by atoms with E-state index < -0.39 is 0 Å². The van der Waals surface area contributed by atoms with E-state index in [-0.39, 0.29) is 0 Å². The van der Waals surface area contributed by atoms with E-state index in [2.05, 4.69) is 4.98 Å². The summed E-state index contributed by atoms with van der Waals surface area (Å²) in [5, 5.41) is 0.506. The van der Waals surface area contributed by atoms with E-state index in [0.29, 0.717) is 18.4 Å². The fourth-order valence-electron chi connectivity index (χ4n) is 1.35. The van der Waals surface area contributed by atoms with Gasteiger partial charge in [0.2, 0.25) is 0 Å². The SMILES string of the molecule is Clc1ccc(COCc2ccccc2)cn1. The Kier molecular flexibility index (Phi) is 3.91. The first kappa shape index (κ1) is 11.1. The Bertz CT molecular complexity index is 427. The molecule has 0 radical (unpaired) electrons. The topological polar surface area (TPSA) is 22.1 Å². The summed E-state index contributed by atoms with van der Waals surface area (Å²) in [6.45, 7) is 1.17. The molecular formula is C13H12ClNO. The molecular weight excluding hydrogens is 222 g/mol. The lowest BCUT2D eigenvalue weighted by atomic mass is 10.2. The van der Waals surface area contributed by atoms with Gasteiger partial charge in [-0.05, 0) is 17.2 Å². The number of benzene rings is 1. The average Bonchev–Trinajstić information content (AvgIpc) is 2.33. The van der Waals surface area contributed by atoms with Crippen LogP contribution in [0.2, 0.25) is 5.15 Å². The summed E-state index contributed by atoms with van der Waals surface area (Å²) in [5.41, 5.74) is 2.20. The molecule has 0 saturated heterocycles. The zero-order chi connectivity index (χ0) is 11.2. The maximum atomic E-state index is 5.69. The van der Waals surface area contributed by atoms with Crippen molar-refractivity contribution < 1.29 is 4.74 Å². The van der Waals surface area contributed by atoms with Gasteiger partial charge in [-0.25, -0.2) is 4.98 Å². The Morgan fingerprint density at radius 3 is 2.38 bits per heavy atom. The fraction of sp³-hybridized carbons (Fsp3) is 0.154. The second kappa shape index (κ2) is 5.64. The van der Waals surface area contributed by atoms with Gasteiger partial charge in [0, 0.05) is 6.20 Å². The monoisotopic (exact) mass is 233 g/mol. The Morgan fingerprint density at radius 2 is 1.69 bits per heavy atom. The molecule has 0 aliphatic heterocycles. The number of ether oxygens (including phenoxy) is 1. The van der Waals surface area contributed by atoms with Gasteiger partial charge in [0.1, 0.15) is 5.15 Å². The van der Waals surface area contributed by atoms with E-state index in [0.717, 1.165) is 5.56 Å². The molecule has 0 bridgehead atoms. The van der Waals surface area contributed by atoms with Crippen LogP contribution >= 0.6 is 11.6 Å². The summed E-state index contributed by atoms with van der Waals surface area (Å²) in [6, 6.07) is 13.8. The number of pyridine rings is 1. The zero-order valence-corrected chi connectivity index (χ0v) is 9.52. The third-order valence-electron chi connectivity index (χ3n) is 2.17. The van der Waals surface area contributed by atoms with Crippen LogP contribution in [0.5, 0.6) is 0 Å². The van der Waals surface area contributed by atoms with Gasteiger partial charge in [0.15, 0.2) is 0 Å². The minimum absolute atomic E-state index is 0.506. The quantitative estimate of drug-likeness (QED) is 0.755. The predicted molar refractivity (Wildman–Crippen MR) is 64.2 cm³/mol. The predicted octanol–water partition coefficient (Wildman–Crippen LogP) is 3.45. The average molecular weight is 234 g/mol. The first-order chi connectivity index (χ1) is 7.84. The molecule has 1 heterocycles. The molecule has 0 saturated carbocycles. The van der Waals surface area contributed by atoms with Crippen molar-refractivity contribution in [1.29, 1.82) is 0 Å². The molecule has 0 fully saturated rings. The van der Waals surface area contributed by atoms with Crippen molar-refractivity contribution in [3.05, 3.63) is 64.9 Å². The summed E-state index contributed by atoms with van der Waals surface area (Å²) in [5.74, 6) is 0. The summed E-state index contributed by atoms with van der Waals surface area (Å²) in [4.78, 5) is 3.99. The molecule has 0 atom stereocenters. The molecule has 0 aliphatic carbocycles. The van der Waals surface area contributed by atoms with E-state index in [1.54, 1.807) is 12.3 Å². The van der Waals surface area contributed by atoms with Crippen LogP contribution in [0, 0.1) is 0 Å². The smallest absolute Gasteiger partial charge is 0.129 e. The van der Waals surface area contributed by atoms with E-state index in [4.69, 9.17) is 16.3 Å². The highest BCUT2D eigenvalue weighted by Crippen LogP contribution is 2.08. The second-order valence-electron chi connectivity index (χ2n) is 3.47. The van der Waals surface area contributed by atoms with Gasteiger partial charge in [-0.2, -0.15) is 0 Å². The van der Waals surface area contributed by atoms with Gasteiger partial charge in [-0.15, -0.1) is 0 Å². The van der Waals surface area contributed by atoms with Crippen LogP contribution in [0.15, 0.2) is 48.7 Å². The Labute approximate surface area is 99.9 Å². The molecule has 2 rings (SSSR count). The van der Waals surface area contributed by atoms with Gasteiger partial charge >= 0.3 is 0 Å². The third kappa shape index (κ3) is 3.33. The van der Waals surface area contributed by atoms with Crippen LogP contribution in [0.4, 0.5) is 0 Å². The van der Waals surface area contributed by atoms with Crippen LogP contribution in [0.25, 0.3) is 0 Å². The highest BCUT2D eigenvalue weighted by molar-refractivity contribution is 6.29. The van der Waals surface area contributed by atoms with E-state index in [1.807, 2.05) is 36.4 Å². The molecule has 0 amide bonds. The summed E-state index contributed by atoms with van der Waals surface area (Å²) in [6.07, 6.45) is 1.73. The first-order valence-corrected chi connectivity index (χ1v) is 5.44. The van der Waals surface area contributed by atoms with Gasteiger partial charge in [-0.3, -0.25) is 0 Å². The van der Waals surface area contributed by atoms with Gasteiger partial charge in [0.25, 0.3) is 0 Å². The standard InChI is InChI=1S/C13H12ClNO/c14-13-7-6-12(8-15-13)10-16-9-11-4-2-1-3-5-11/h1-8H,9-10H2. The second-order valence-corrected chi connectivity index (χ2v) is 3.85. The van der Waals surface area contributed by atoms with Gasteiger partial charge in [-0.1, -0.05) is 48.0 Å². The number of hydrogen-bond donors (Lipinski definition) is 0. The maximum Gasteiger partial charge on any atom is 0.129 e. The largest absolute Gasteiger partial charge is 0.372 e. The molecule has 2 nitrogen and oxygen atoms in total. The molecule has 16 heavy (non-hydrogen) atoms. The number of hydrogen-bond acceptors (Lipinski definition) is 2. The van der Waals surface area contributed by atoms with Crippen molar-refractivity contribution in [2.45, 2.75) is 13.2 Å². The molecule has 0 aliphatic rings. The third-order valence-corrected chi connectivity index (χ3v) is 2.39. The van der Waals surface area contributed by atoms with Gasteiger partial charge < -0.3 is 4.74 Å². The minimum Gasteiger partial charge on any atom is -0.372 e. The molecule has 2 aromatic rings. The first-order valence-electron chi connectivity index (χ1n) is 5.07. The van der Waals surface area contributed by atoms with Crippen molar-refractivity contribution in [1.82, 2.24) is 4.98 Å². The van der Waals surface area contributed by atoms with E-state index in [1.165, 1.54) is 5.56 Å². The molecule has 0 unspecified atom stereocenters. The van der Waals surface area contributed by atoms with Crippen LogP contribution in [0.1, 0.15) is 11.1 Å². The Morgan fingerprint density at radius 1 is 0.938 bits per heavy atom. The Balaban J connectivity index is 1.82. The van der Waals surface area contributed by atoms with Crippen molar-refractivity contribution in [3.8, 4) is 0 Å². The number of aromatic nitrogens is 1. The summed E-state index contributed by atoms with van der Waals surface area (Å²) < 4.78 is 5.56. The van der Waals surface area contributed by atoms with E-state index in [9.17, 15) is 0 Å². The minimum atomic E-state index is 0.506. The fourth-order valence-corrected chi connectivity index (χ4v) is 1.46. The molecule has 3 heteroatoms. The van der Waals surface area contributed by atoms with Crippen molar-refractivity contribution in [2.75, 3.05) is 0 Å². The molecule has 1 aromatic heterocycles. The van der Waals surface area contributed by atoms with Crippen LogP contribution < -0.4 is 0 Å². The normalized spacial score (nSPS) is 10.3. The van der Waals surface area contributed by atoms with Crippen LogP contribution in [-0.2, 0) is 18.0 Å². The number of nitrogens with zero attached hydrogens (tertiary/aromatic N) is 1. The Hall–Kier alpha value is -1.38. The molecule has 0 N–H and O–H groups in total. The van der Waals surface area contributed by atoms with Crippen LogP contribution in [0.3, 0.4) is 0 Å². The van der Waals surface area contributed by atoms with Crippen molar-refractivity contribution in [3.63, 3.8) is 0 Å². The molecule has 82 valence electrons. The zero-order valence-electron chi connectivity index (χ0n) is 8.77. The number of halogens is 1. The summed E-state index contributed by atoms with van der Waals surface area (Å²) in [7, 11) is 0. The molecule has 1 aromatic carbocycles. The lowest BCUT2D eigenvalue weighted by Gasteiger charge is -2.04. The van der Waals surface area contributed by atoms with Crippen molar-refractivity contribution in [2.24, 2.45) is 0 Å². The highest BCUT2D eigenvalue weighted by atomic mass is 35.5. The molecule has 0 spiro atoms.